The zero-order valence-electron chi connectivity index (χ0n) is 24.8. The Balaban J connectivity index is 1.82. The van der Waals surface area contributed by atoms with Crippen molar-refractivity contribution in [2.24, 2.45) is 0 Å². The van der Waals surface area contributed by atoms with Gasteiger partial charge in [0.1, 0.15) is 12.6 Å². The minimum Gasteiger partial charge on any atom is -0.355 e. The number of halogens is 2. The topological polar surface area (TPSA) is 86.8 Å². The lowest BCUT2D eigenvalue weighted by molar-refractivity contribution is -0.140. The largest absolute Gasteiger partial charge is 0.355 e. The van der Waals surface area contributed by atoms with Gasteiger partial charge in [-0.05, 0) is 73.9 Å². The average molecular weight is 697 g/mol. The van der Waals surface area contributed by atoms with E-state index in [-0.39, 0.29) is 29.5 Å². The SMILES string of the molecule is CCNC(=O)C(Cc1ccccc1)N(Cc1ccc(Br)cc1)C(=O)CN(c1cc(Cl)ccc1C)S(=O)(=O)c1ccc(C)cc1. The molecular formula is C34H35BrClN3O4S. The first kappa shape index (κ1) is 33.2. The summed E-state index contributed by atoms with van der Waals surface area (Å²) in [7, 11) is -4.21. The number of nitrogens with zero attached hydrogens (tertiary/aromatic N) is 2. The summed E-state index contributed by atoms with van der Waals surface area (Å²) in [5.74, 6) is -0.858. The second-order valence-electron chi connectivity index (χ2n) is 10.5. The minimum atomic E-state index is -4.21. The quantitative estimate of drug-likeness (QED) is 0.179. The lowest BCUT2D eigenvalue weighted by Gasteiger charge is -2.34. The number of aryl methyl sites for hydroxylation is 2. The maximum atomic E-state index is 14.5. The van der Waals surface area contributed by atoms with Crippen LogP contribution in [-0.4, -0.2) is 44.3 Å². The van der Waals surface area contributed by atoms with Gasteiger partial charge in [0, 0.05) is 29.0 Å². The molecule has 0 bridgehead atoms. The van der Waals surface area contributed by atoms with E-state index in [0.717, 1.165) is 25.5 Å². The predicted molar refractivity (Wildman–Crippen MR) is 179 cm³/mol. The fourth-order valence-electron chi connectivity index (χ4n) is 4.83. The Labute approximate surface area is 273 Å². The van der Waals surface area contributed by atoms with Gasteiger partial charge in [-0.1, -0.05) is 93.8 Å². The molecule has 0 heterocycles. The molecule has 44 heavy (non-hydrogen) atoms. The van der Waals surface area contributed by atoms with Gasteiger partial charge in [-0.15, -0.1) is 0 Å². The van der Waals surface area contributed by atoms with Crippen LogP contribution in [0.5, 0.6) is 0 Å². The summed E-state index contributed by atoms with van der Waals surface area (Å²) in [6.45, 7) is 5.37. The van der Waals surface area contributed by atoms with E-state index in [4.69, 9.17) is 11.6 Å². The maximum Gasteiger partial charge on any atom is 0.264 e. The van der Waals surface area contributed by atoms with Crippen molar-refractivity contribution in [3.63, 3.8) is 0 Å². The highest BCUT2D eigenvalue weighted by atomic mass is 79.9. The molecule has 1 unspecified atom stereocenters. The number of rotatable bonds is 12. The zero-order chi connectivity index (χ0) is 31.9. The molecule has 0 aromatic heterocycles. The molecule has 0 aliphatic rings. The number of carbonyl (C=O) groups excluding carboxylic acids is 2. The van der Waals surface area contributed by atoms with Crippen molar-refractivity contribution in [3.8, 4) is 0 Å². The number of carbonyl (C=O) groups is 2. The lowest BCUT2D eigenvalue weighted by Crippen LogP contribution is -2.53. The van der Waals surface area contributed by atoms with E-state index in [0.29, 0.717) is 17.1 Å². The number of sulfonamides is 1. The van der Waals surface area contributed by atoms with Crippen LogP contribution in [0.1, 0.15) is 29.2 Å². The summed E-state index contributed by atoms with van der Waals surface area (Å²) in [6, 6.07) is 27.4. The van der Waals surface area contributed by atoms with Gasteiger partial charge in [0.2, 0.25) is 11.8 Å². The molecule has 0 aliphatic carbocycles. The molecule has 4 aromatic carbocycles. The monoisotopic (exact) mass is 695 g/mol. The molecule has 4 aromatic rings. The van der Waals surface area contributed by atoms with E-state index in [9.17, 15) is 18.0 Å². The van der Waals surface area contributed by atoms with Crippen molar-refractivity contribution in [1.82, 2.24) is 10.2 Å². The van der Waals surface area contributed by atoms with Gasteiger partial charge in [0.05, 0.1) is 10.6 Å². The zero-order valence-corrected chi connectivity index (χ0v) is 28.0. The van der Waals surface area contributed by atoms with Crippen LogP contribution in [-0.2, 0) is 32.6 Å². The molecule has 1 atom stereocenters. The average Bonchev–Trinajstić information content (AvgIpc) is 3.00. The smallest absolute Gasteiger partial charge is 0.264 e. The Morgan fingerprint density at radius 1 is 0.886 bits per heavy atom. The molecule has 2 amide bonds. The van der Waals surface area contributed by atoms with E-state index in [1.165, 1.54) is 17.0 Å². The second-order valence-corrected chi connectivity index (χ2v) is 13.7. The van der Waals surface area contributed by atoms with Gasteiger partial charge >= 0.3 is 0 Å². The molecular weight excluding hydrogens is 662 g/mol. The molecule has 0 fully saturated rings. The number of benzene rings is 4. The van der Waals surface area contributed by atoms with E-state index >= 15 is 0 Å². The van der Waals surface area contributed by atoms with Crippen molar-refractivity contribution in [2.45, 2.75) is 44.7 Å². The van der Waals surface area contributed by atoms with Crippen LogP contribution in [0.4, 0.5) is 5.69 Å². The third kappa shape index (κ3) is 8.28. The Morgan fingerprint density at radius 2 is 1.55 bits per heavy atom. The Bertz CT molecular complexity index is 1700. The summed E-state index contributed by atoms with van der Waals surface area (Å²) in [4.78, 5) is 29.6. The molecule has 0 radical (unpaired) electrons. The van der Waals surface area contributed by atoms with E-state index in [1.807, 2.05) is 68.4 Å². The first-order valence-corrected chi connectivity index (χ1v) is 16.8. The van der Waals surface area contributed by atoms with Crippen LogP contribution in [0.3, 0.4) is 0 Å². The molecule has 7 nitrogen and oxygen atoms in total. The van der Waals surface area contributed by atoms with Crippen molar-refractivity contribution in [2.75, 3.05) is 17.4 Å². The van der Waals surface area contributed by atoms with Crippen LogP contribution >= 0.6 is 27.5 Å². The Morgan fingerprint density at radius 3 is 2.18 bits per heavy atom. The third-order valence-electron chi connectivity index (χ3n) is 7.22. The highest BCUT2D eigenvalue weighted by Gasteiger charge is 2.35. The lowest BCUT2D eigenvalue weighted by atomic mass is 10.0. The van der Waals surface area contributed by atoms with Gasteiger partial charge in [-0.2, -0.15) is 0 Å². The highest BCUT2D eigenvalue weighted by Crippen LogP contribution is 2.30. The van der Waals surface area contributed by atoms with Crippen molar-refractivity contribution < 1.29 is 18.0 Å². The highest BCUT2D eigenvalue weighted by molar-refractivity contribution is 9.10. The van der Waals surface area contributed by atoms with Crippen LogP contribution in [0.2, 0.25) is 5.02 Å². The van der Waals surface area contributed by atoms with E-state index < -0.39 is 28.5 Å². The number of nitrogens with one attached hydrogen (secondary N) is 1. The standard InChI is InChI=1S/C34H35BrClN3O4S/c1-4-37-34(41)32(20-26-8-6-5-7-9-26)38(22-27-13-15-28(35)16-14-27)33(40)23-39(31-21-29(36)17-12-25(31)3)44(42,43)30-18-10-24(2)11-19-30/h5-19,21,32H,4,20,22-23H2,1-3H3,(H,37,41). The van der Waals surface area contributed by atoms with Gasteiger partial charge in [0.15, 0.2) is 0 Å². The Hall–Kier alpha value is -3.66. The second kappa shape index (κ2) is 14.9. The summed E-state index contributed by atoms with van der Waals surface area (Å²) < 4.78 is 30.3. The minimum absolute atomic E-state index is 0.0410. The van der Waals surface area contributed by atoms with E-state index in [2.05, 4.69) is 21.2 Å². The maximum absolute atomic E-state index is 14.5. The Kier molecular flexibility index (Phi) is 11.2. The number of likely N-dealkylation sites (N-methyl/N-ethyl adjacent to an activating group) is 1. The first-order chi connectivity index (χ1) is 21.0. The van der Waals surface area contributed by atoms with Crippen molar-refractivity contribution in [3.05, 3.63) is 129 Å². The van der Waals surface area contributed by atoms with Crippen LogP contribution in [0, 0.1) is 13.8 Å². The summed E-state index contributed by atoms with van der Waals surface area (Å²) in [6.07, 6.45) is 0.246. The van der Waals surface area contributed by atoms with Crippen molar-refractivity contribution >= 4 is 55.1 Å². The number of hydrogen-bond donors (Lipinski definition) is 1. The molecule has 0 aliphatic heterocycles. The molecule has 10 heteroatoms. The molecule has 0 spiro atoms. The van der Waals surface area contributed by atoms with Gasteiger partial charge in [-0.25, -0.2) is 8.42 Å². The first-order valence-electron chi connectivity index (χ1n) is 14.2. The predicted octanol–water partition coefficient (Wildman–Crippen LogP) is 6.69. The van der Waals surface area contributed by atoms with Crippen LogP contribution < -0.4 is 9.62 Å². The summed E-state index contributed by atoms with van der Waals surface area (Å²) in [5, 5.41) is 3.20. The molecule has 0 saturated carbocycles. The number of anilines is 1. The summed E-state index contributed by atoms with van der Waals surface area (Å²) in [5.41, 5.74) is 3.47. The fraction of sp³-hybridized carbons (Fsp3) is 0.235. The van der Waals surface area contributed by atoms with Crippen molar-refractivity contribution in [1.29, 1.82) is 0 Å². The molecule has 230 valence electrons. The molecule has 0 saturated heterocycles. The molecule has 4 rings (SSSR count). The third-order valence-corrected chi connectivity index (χ3v) is 9.75. The number of hydrogen-bond acceptors (Lipinski definition) is 4. The molecule has 1 N–H and O–H groups in total. The fourth-order valence-corrected chi connectivity index (χ4v) is 6.74. The number of amides is 2. The van der Waals surface area contributed by atoms with Gasteiger partial charge in [0.25, 0.3) is 10.0 Å². The van der Waals surface area contributed by atoms with E-state index in [1.54, 1.807) is 37.3 Å². The normalized spacial score (nSPS) is 11.9. The van der Waals surface area contributed by atoms with Crippen LogP contribution in [0.25, 0.3) is 0 Å². The van der Waals surface area contributed by atoms with Crippen LogP contribution in [0.15, 0.2) is 106 Å². The van der Waals surface area contributed by atoms with Gasteiger partial charge in [-0.3, -0.25) is 13.9 Å². The van der Waals surface area contributed by atoms with Gasteiger partial charge < -0.3 is 10.2 Å². The summed E-state index contributed by atoms with van der Waals surface area (Å²) >= 11 is 9.79.